The third-order valence-corrected chi connectivity index (χ3v) is 5.48. The number of benzene rings is 1. The van der Waals surface area contributed by atoms with Gasteiger partial charge in [-0.1, -0.05) is 25.1 Å². The summed E-state index contributed by atoms with van der Waals surface area (Å²) in [5, 5.41) is 0. The van der Waals surface area contributed by atoms with Gasteiger partial charge in [0.15, 0.2) is 0 Å². The van der Waals surface area contributed by atoms with Crippen molar-refractivity contribution in [2.24, 2.45) is 0 Å². The van der Waals surface area contributed by atoms with Crippen LogP contribution in [0.3, 0.4) is 0 Å². The molecule has 20 heavy (non-hydrogen) atoms. The van der Waals surface area contributed by atoms with Crippen molar-refractivity contribution in [3.8, 4) is 0 Å². The topological polar surface area (TPSA) is 72.6 Å². The number of nitrogen functional groups attached to an aromatic ring is 1. The highest BCUT2D eigenvalue weighted by Crippen LogP contribution is 2.23. The molecule has 2 atom stereocenters. The molecule has 0 radical (unpaired) electrons. The van der Waals surface area contributed by atoms with E-state index in [1.54, 1.807) is 28.6 Å². The maximum atomic E-state index is 12.6. The number of rotatable bonds is 4. The van der Waals surface area contributed by atoms with E-state index in [2.05, 4.69) is 0 Å². The zero-order chi connectivity index (χ0) is 14.8. The minimum absolute atomic E-state index is 0.0527. The molecular formula is C14H22N2O3S. The lowest BCUT2D eigenvalue weighted by Crippen LogP contribution is -2.51. The highest BCUT2D eigenvalue weighted by Gasteiger charge is 2.34. The summed E-state index contributed by atoms with van der Waals surface area (Å²) >= 11 is 0. The predicted molar refractivity (Wildman–Crippen MR) is 79.7 cm³/mol. The summed E-state index contributed by atoms with van der Waals surface area (Å²) in [6, 6.07) is 7.01. The van der Waals surface area contributed by atoms with E-state index in [0.717, 1.165) is 6.42 Å². The summed E-state index contributed by atoms with van der Waals surface area (Å²) in [5.41, 5.74) is 7.02. The smallest absolute Gasteiger partial charge is 0.218 e. The Balaban J connectivity index is 2.22. The van der Waals surface area contributed by atoms with E-state index in [0.29, 0.717) is 24.4 Å². The molecule has 1 aliphatic rings. The monoisotopic (exact) mass is 298 g/mol. The van der Waals surface area contributed by atoms with E-state index in [-0.39, 0.29) is 17.9 Å². The first-order valence-electron chi connectivity index (χ1n) is 6.88. The SMILES string of the molecule is CCC1COC(C)CN1S(=O)(=O)Cc1ccccc1N. The van der Waals surface area contributed by atoms with Gasteiger partial charge in [-0.2, -0.15) is 4.31 Å². The van der Waals surface area contributed by atoms with E-state index in [1.165, 1.54) is 0 Å². The fourth-order valence-corrected chi connectivity index (χ4v) is 4.34. The molecule has 2 unspecified atom stereocenters. The summed E-state index contributed by atoms with van der Waals surface area (Å²) in [5.74, 6) is -0.0527. The van der Waals surface area contributed by atoms with Crippen LogP contribution in [0.4, 0.5) is 5.69 Å². The molecular weight excluding hydrogens is 276 g/mol. The van der Waals surface area contributed by atoms with Crippen LogP contribution in [0.15, 0.2) is 24.3 Å². The van der Waals surface area contributed by atoms with Gasteiger partial charge in [0.05, 0.1) is 18.5 Å². The number of hydrogen-bond donors (Lipinski definition) is 1. The molecule has 1 aliphatic heterocycles. The molecule has 0 amide bonds. The third kappa shape index (κ3) is 3.31. The Labute approximate surface area is 120 Å². The highest BCUT2D eigenvalue weighted by atomic mass is 32.2. The molecule has 6 heteroatoms. The Hall–Kier alpha value is -1.11. The van der Waals surface area contributed by atoms with Gasteiger partial charge in [0.2, 0.25) is 10.0 Å². The molecule has 1 fully saturated rings. The summed E-state index contributed by atoms with van der Waals surface area (Å²) in [7, 11) is -3.38. The Morgan fingerprint density at radius 2 is 2.10 bits per heavy atom. The maximum absolute atomic E-state index is 12.6. The van der Waals surface area contributed by atoms with E-state index in [1.807, 2.05) is 13.8 Å². The second kappa shape index (κ2) is 6.11. The number of morpholine rings is 1. The van der Waals surface area contributed by atoms with Crippen LogP contribution in [0, 0.1) is 0 Å². The van der Waals surface area contributed by atoms with Crippen LogP contribution in [0.2, 0.25) is 0 Å². The summed E-state index contributed by atoms with van der Waals surface area (Å²) in [6.07, 6.45) is 0.677. The standard InChI is InChI=1S/C14H22N2O3S/c1-3-13-9-19-11(2)8-16(13)20(17,18)10-12-6-4-5-7-14(12)15/h4-7,11,13H,3,8-10,15H2,1-2H3. The minimum atomic E-state index is -3.38. The first-order valence-corrected chi connectivity index (χ1v) is 8.49. The van der Waals surface area contributed by atoms with Crippen molar-refractivity contribution >= 4 is 15.7 Å². The number of ether oxygens (including phenoxy) is 1. The second-order valence-electron chi connectivity index (χ2n) is 5.23. The lowest BCUT2D eigenvalue weighted by atomic mass is 10.2. The number of nitrogens with zero attached hydrogens (tertiary/aromatic N) is 1. The van der Waals surface area contributed by atoms with Gasteiger partial charge in [-0.15, -0.1) is 0 Å². The molecule has 5 nitrogen and oxygen atoms in total. The molecule has 112 valence electrons. The Bertz CT molecular complexity index is 559. The molecule has 2 rings (SSSR count). The van der Waals surface area contributed by atoms with Gasteiger partial charge < -0.3 is 10.5 Å². The Morgan fingerprint density at radius 1 is 1.40 bits per heavy atom. The van der Waals surface area contributed by atoms with Crippen molar-refractivity contribution in [2.75, 3.05) is 18.9 Å². The molecule has 0 aliphatic carbocycles. The van der Waals surface area contributed by atoms with Crippen LogP contribution >= 0.6 is 0 Å². The minimum Gasteiger partial charge on any atom is -0.398 e. The van der Waals surface area contributed by atoms with Gasteiger partial charge in [0, 0.05) is 18.3 Å². The third-order valence-electron chi connectivity index (χ3n) is 3.64. The normalized spacial score (nSPS) is 24.7. The highest BCUT2D eigenvalue weighted by molar-refractivity contribution is 7.88. The van der Waals surface area contributed by atoms with Crippen LogP contribution in [0.25, 0.3) is 0 Å². The van der Waals surface area contributed by atoms with Gasteiger partial charge in [-0.25, -0.2) is 8.42 Å². The van der Waals surface area contributed by atoms with Gasteiger partial charge in [0.1, 0.15) is 0 Å². The van der Waals surface area contributed by atoms with E-state index in [4.69, 9.17) is 10.5 Å². The second-order valence-corrected chi connectivity index (χ2v) is 7.15. The van der Waals surface area contributed by atoms with E-state index >= 15 is 0 Å². The number of anilines is 1. The quantitative estimate of drug-likeness (QED) is 0.857. The van der Waals surface area contributed by atoms with E-state index < -0.39 is 10.0 Å². The van der Waals surface area contributed by atoms with Crippen molar-refractivity contribution in [1.29, 1.82) is 0 Å². The summed E-state index contributed by atoms with van der Waals surface area (Å²) < 4.78 is 32.4. The van der Waals surface area contributed by atoms with Crippen LogP contribution < -0.4 is 5.73 Å². The van der Waals surface area contributed by atoms with Gasteiger partial charge in [-0.05, 0) is 25.0 Å². The molecule has 0 bridgehead atoms. The number of nitrogens with two attached hydrogens (primary N) is 1. The van der Waals surface area contributed by atoms with Crippen LogP contribution in [0.1, 0.15) is 25.8 Å². The predicted octanol–water partition coefficient (Wildman–Crippen LogP) is 1.60. The molecule has 1 aromatic rings. The van der Waals surface area contributed by atoms with Crippen molar-refractivity contribution in [2.45, 2.75) is 38.2 Å². The molecule has 1 aromatic carbocycles. The fraction of sp³-hybridized carbons (Fsp3) is 0.571. The fourth-order valence-electron chi connectivity index (χ4n) is 2.42. The van der Waals surface area contributed by atoms with Crippen LogP contribution in [-0.4, -0.2) is 38.0 Å². The first-order chi connectivity index (χ1) is 9.44. The average molecular weight is 298 g/mol. The van der Waals surface area contributed by atoms with Crippen LogP contribution in [0.5, 0.6) is 0 Å². The van der Waals surface area contributed by atoms with Crippen LogP contribution in [-0.2, 0) is 20.5 Å². The lowest BCUT2D eigenvalue weighted by molar-refractivity contribution is -0.0231. The zero-order valence-electron chi connectivity index (χ0n) is 12.0. The number of para-hydroxylation sites is 1. The van der Waals surface area contributed by atoms with Crippen molar-refractivity contribution < 1.29 is 13.2 Å². The Morgan fingerprint density at radius 3 is 2.75 bits per heavy atom. The van der Waals surface area contributed by atoms with Crippen molar-refractivity contribution in [1.82, 2.24) is 4.31 Å². The largest absolute Gasteiger partial charge is 0.398 e. The molecule has 0 spiro atoms. The Kier molecular flexibility index (Phi) is 4.67. The number of hydrogen-bond acceptors (Lipinski definition) is 4. The average Bonchev–Trinajstić information content (AvgIpc) is 2.41. The first kappa shape index (κ1) is 15.3. The number of sulfonamides is 1. The van der Waals surface area contributed by atoms with Gasteiger partial charge >= 0.3 is 0 Å². The maximum Gasteiger partial charge on any atom is 0.218 e. The molecule has 0 saturated carbocycles. The lowest BCUT2D eigenvalue weighted by Gasteiger charge is -2.37. The summed E-state index contributed by atoms with van der Waals surface area (Å²) in [4.78, 5) is 0. The van der Waals surface area contributed by atoms with Gasteiger partial charge in [-0.3, -0.25) is 0 Å². The van der Waals surface area contributed by atoms with E-state index in [9.17, 15) is 8.42 Å². The molecule has 2 N–H and O–H groups in total. The zero-order valence-corrected chi connectivity index (χ0v) is 12.8. The molecule has 0 aromatic heterocycles. The summed E-state index contributed by atoms with van der Waals surface area (Å²) in [6.45, 7) is 4.74. The molecule has 1 heterocycles. The van der Waals surface area contributed by atoms with Gasteiger partial charge in [0.25, 0.3) is 0 Å². The molecule has 1 saturated heterocycles. The van der Waals surface area contributed by atoms with Crippen molar-refractivity contribution in [3.05, 3.63) is 29.8 Å². The van der Waals surface area contributed by atoms with Crippen molar-refractivity contribution in [3.63, 3.8) is 0 Å².